The number of hydrogen-bond acceptors (Lipinski definition) is 30. The molecule has 23 atom stereocenters. The minimum Gasteiger partial charge on any atom is -0.480 e. The number of likely N-dealkylation sites (N-methyl/N-ethyl adjacent to an activating group) is 1. The lowest BCUT2D eigenvalue weighted by atomic mass is 9.92. The summed E-state index contributed by atoms with van der Waals surface area (Å²) in [7, 11) is 1.18. The molecule has 3 aliphatic rings. The van der Waals surface area contributed by atoms with Gasteiger partial charge in [0.2, 0.25) is 65.0 Å². The van der Waals surface area contributed by atoms with E-state index in [1.807, 2.05) is 30.3 Å². The Morgan fingerprint density at radius 1 is 0.697 bits per heavy atom. The number of fused-ring (bicyclic) bond motifs is 2. The first-order chi connectivity index (χ1) is 57.9. The summed E-state index contributed by atoms with van der Waals surface area (Å²) < 4.78 is 6.61. The highest BCUT2D eigenvalue weighted by atomic mass is 79.9. The number of carboxylic acids is 1. The fraction of sp³-hybridized carbons (Fsp3) is 0.551. The van der Waals surface area contributed by atoms with Crippen molar-refractivity contribution in [3.8, 4) is 0 Å². The van der Waals surface area contributed by atoms with E-state index in [1.54, 1.807) is 80.6 Å². The standard InChI is InChI=1S/C78H113BrN16O27/c1-39(19-20-43-13-8-6-9-14-43)27-55(100)50(88-67(108)40(2)28-44-15-10-7-11-16-44)30-60(104)85-54(35-97)72(113)89-52-33-94-32-47(95(38-94)77-66(107)65(106)64(105)58(36-98)122-77)29-51(70(111)92-62(42(4)99)75(116)90-53(34-96)68(109)82-5)84-59(103)18-12-17-49(78(118)119)87-73(114)56(101)31-83-74(115)61(41(3)45-21-23-46(79)24-22-45)91-76(117)63(57(102)37-121-81)93-69(110)48(25-26-120-80)86-71(52)112/h6-11,13-16,19-24,27,40-42,47-58,61-66,77,96-102,105-107H,12,17-18,25-26,28-38,80-81H2,1-5H3,(H,82,109)(H,83,115)(H,84,103)(H,85,104)(H,86,112)(H,87,114)(H,88,108)(H,89,113)(H,90,116)(H,91,117)(H,92,111)(H,93,110)(H,118,119). The summed E-state index contributed by atoms with van der Waals surface area (Å²) in [5.74, 6) is -6.80. The summed E-state index contributed by atoms with van der Waals surface area (Å²) in [6.07, 6.45) is -16.5. The van der Waals surface area contributed by atoms with Gasteiger partial charge >= 0.3 is 5.97 Å². The number of aliphatic hydroxyl groups excluding tert-OH is 10. The Morgan fingerprint density at radius 3 is 1.96 bits per heavy atom. The number of aliphatic carboxylic acids is 1. The van der Waals surface area contributed by atoms with Gasteiger partial charge in [0.1, 0.15) is 97.2 Å². The van der Waals surface area contributed by atoms with Crippen LogP contribution in [0.5, 0.6) is 0 Å². The molecule has 2 bridgehead atoms. The summed E-state index contributed by atoms with van der Waals surface area (Å²) in [6.45, 7) is -2.00. The third-order valence-electron chi connectivity index (χ3n) is 20.6. The van der Waals surface area contributed by atoms with Gasteiger partial charge in [0, 0.05) is 61.8 Å². The van der Waals surface area contributed by atoms with Crippen LogP contribution >= 0.6 is 15.9 Å². The van der Waals surface area contributed by atoms with E-state index in [0.717, 1.165) is 18.1 Å². The molecule has 3 aromatic carbocycles. The molecular formula is C78H113BrN16O27. The van der Waals surface area contributed by atoms with E-state index in [-0.39, 0.29) is 6.42 Å². The Balaban J connectivity index is 1.50. The maximum atomic E-state index is 15.5. The van der Waals surface area contributed by atoms with Crippen LogP contribution in [0.25, 0.3) is 6.08 Å². The lowest BCUT2D eigenvalue weighted by Gasteiger charge is -2.45. The molecule has 674 valence electrons. The molecule has 3 saturated heterocycles. The molecule has 27 N–H and O–H groups in total. The Kier molecular flexibility index (Phi) is 41.3. The number of rotatable bonds is 32. The highest BCUT2D eigenvalue weighted by molar-refractivity contribution is 9.10. The molecule has 0 saturated carbocycles. The summed E-state index contributed by atoms with van der Waals surface area (Å²) in [5.41, 5.74) is 2.43. The minimum absolute atomic E-state index is 0.227. The Morgan fingerprint density at radius 2 is 1.34 bits per heavy atom. The van der Waals surface area contributed by atoms with Crippen molar-refractivity contribution in [2.45, 2.75) is 200 Å². The number of benzene rings is 3. The van der Waals surface area contributed by atoms with Gasteiger partial charge in [-0.3, -0.25) is 67.3 Å². The fourth-order valence-electron chi connectivity index (χ4n) is 13.6. The topological polar surface area (TPSA) is 675 Å². The highest BCUT2D eigenvalue weighted by Gasteiger charge is 2.51. The van der Waals surface area contributed by atoms with Gasteiger partial charge in [-0.1, -0.05) is 126 Å². The molecule has 23 unspecified atom stereocenters. The average molecular weight is 1790 g/mol. The van der Waals surface area contributed by atoms with E-state index in [4.69, 9.17) is 21.4 Å². The second-order valence-electron chi connectivity index (χ2n) is 29.9. The summed E-state index contributed by atoms with van der Waals surface area (Å²) in [4.78, 5) is 197. The molecule has 12 amide bonds. The first-order valence-electron chi connectivity index (χ1n) is 39.3. The fourth-order valence-corrected chi connectivity index (χ4v) is 13.9. The number of ether oxygens (including phenoxy) is 1. The van der Waals surface area contributed by atoms with Crippen LogP contribution in [0.4, 0.5) is 0 Å². The first-order valence-corrected chi connectivity index (χ1v) is 40.1. The first kappa shape index (κ1) is 101. The lowest BCUT2D eigenvalue weighted by molar-refractivity contribution is -0.268. The SMILES string of the molecule is CNC(=O)C(CO)NC(=O)C(NC(=O)C1CC2CN(CC(NC(=O)C(CO)NC(=O)CC(NC(=O)C(C)Cc3ccccc3)C(O)C=C(C)C=Cc3ccccc3)C(=O)NC(CCON)C(=O)NC(C(O)CON)C(=O)NC(C(C)c3ccc(Br)cc3)C(=O)NCC(O)C(=O)NC(C(=O)O)CCCC(=O)N1)CN2C1OC(CO)C(O)C(O)C1O)C(C)O. The molecule has 3 heterocycles. The summed E-state index contributed by atoms with van der Waals surface area (Å²) >= 11 is 3.33. The Labute approximate surface area is 710 Å². The second kappa shape index (κ2) is 50.0. The van der Waals surface area contributed by atoms with Gasteiger partial charge in [-0.05, 0) is 68.4 Å². The van der Waals surface area contributed by atoms with Crippen LogP contribution in [-0.4, -0.2) is 331 Å². The molecule has 43 nitrogen and oxygen atoms in total. The van der Waals surface area contributed by atoms with Crippen LogP contribution in [0.2, 0.25) is 0 Å². The van der Waals surface area contributed by atoms with Crippen LogP contribution in [0.15, 0.2) is 107 Å². The molecule has 0 aromatic heterocycles. The number of hydrogen-bond donors (Lipinski definition) is 25. The van der Waals surface area contributed by atoms with Crippen LogP contribution in [0, 0.1) is 5.92 Å². The van der Waals surface area contributed by atoms with Crippen molar-refractivity contribution in [3.05, 3.63) is 124 Å². The molecule has 6 rings (SSSR count). The van der Waals surface area contributed by atoms with Gasteiger partial charge in [-0.25, -0.2) is 16.6 Å². The molecule has 3 aromatic rings. The van der Waals surface area contributed by atoms with Crippen molar-refractivity contribution < 1.29 is 133 Å². The normalized spacial score (nSPS) is 26.4. The molecular weight excluding hydrogens is 1670 g/mol. The molecule has 3 aliphatic heterocycles. The van der Waals surface area contributed by atoms with Crippen LogP contribution in [-0.2, 0) is 83.2 Å². The number of carbonyl (C=O) groups is 13. The van der Waals surface area contributed by atoms with E-state index in [0.29, 0.717) is 15.6 Å². The number of carboxylic acid groups (broad SMARTS) is 1. The van der Waals surface area contributed by atoms with E-state index in [9.17, 15) is 104 Å². The smallest absolute Gasteiger partial charge is 0.326 e. The highest BCUT2D eigenvalue weighted by Crippen LogP contribution is 2.31. The lowest BCUT2D eigenvalue weighted by Crippen LogP contribution is -2.65. The van der Waals surface area contributed by atoms with Gasteiger partial charge in [0.25, 0.3) is 5.91 Å². The number of nitrogens with one attached hydrogen (secondary N) is 12. The predicted molar refractivity (Wildman–Crippen MR) is 433 cm³/mol. The van der Waals surface area contributed by atoms with Gasteiger partial charge in [-0.15, -0.1) is 0 Å². The number of aliphatic hydroxyl groups is 10. The van der Waals surface area contributed by atoms with Crippen molar-refractivity contribution in [3.63, 3.8) is 0 Å². The van der Waals surface area contributed by atoms with Crippen molar-refractivity contribution >= 4 is 98.9 Å². The number of nitrogens with zero attached hydrogens (tertiary/aromatic N) is 2. The monoisotopic (exact) mass is 1780 g/mol. The van der Waals surface area contributed by atoms with Crippen molar-refractivity contribution in [1.82, 2.24) is 73.6 Å². The van der Waals surface area contributed by atoms with Crippen molar-refractivity contribution in [1.29, 1.82) is 0 Å². The number of allylic oxidation sites excluding steroid dienone is 2. The molecule has 44 heteroatoms. The summed E-state index contributed by atoms with van der Waals surface area (Å²) in [5, 5.41) is 150. The predicted octanol–water partition coefficient (Wildman–Crippen LogP) is -8.79. The van der Waals surface area contributed by atoms with Gasteiger partial charge in [0.15, 0.2) is 0 Å². The second-order valence-corrected chi connectivity index (χ2v) is 30.8. The van der Waals surface area contributed by atoms with E-state index in [1.165, 1.54) is 29.8 Å². The Hall–Kier alpha value is -9.95. The van der Waals surface area contributed by atoms with E-state index < -0.39 is 308 Å². The van der Waals surface area contributed by atoms with Crippen LogP contribution in [0.3, 0.4) is 0 Å². The number of nitrogens with two attached hydrogens (primary N) is 2. The van der Waals surface area contributed by atoms with E-state index >= 15 is 14.4 Å². The van der Waals surface area contributed by atoms with Crippen molar-refractivity contribution in [2.24, 2.45) is 17.7 Å². The maximum Gasteiger partial charge on any atom is 0.326 e. The number of β-amino-alcohol motifs (C(OH)–C–C–N with tert-alkyl or cyclic N) is 1. The average Bonchev–Trinajstić information content (AvgIpc) is 1.57. The number of halogens is 1. The van der Waals surface area contributed by atoms with Crippen LogP contribution < -0.4 is 75.6 Å². The zero-order chi connectivity index (χ0) is 90.2. The third kappa shape index (κ3) is 30.5. The van der Waals surface area contributed by atoms with Crippen LogP contribution in [0.1, 0.15) is 88.8 Å². The largest absolute Gasteiger partial charge is 0.480 e. The Bertz CT molecular complexity index is 4050. The quantitative estimate of drug-likeness (QED) is 0.0204. The molecule has 0 aliphatic carbocycles. The van der Waals surface area contributed by atoms with E-state index in [2.05, 4.69) is 84.6 Å². The van der Waals surface area contributed by atoms with Gasteiger partial charge < -0.3 is 134 Å². The van der Waals surface area contributed by atoms with Gasteiger partial charge in [-0.2, -0.15) is 0 Å². The maximum absolute atomic E-state index is 15.5. The number of carbonyl (C=O) groups excluding carboxylic acids is 12. The zero-order valence-electron chi connectivity index (χ0n) is 67.7. The zero-order valence-corrected chi connectivity index (χ0v) is 69.3. The third-order valence-corrected chi connectivity index (χ3v) is 21.1. The molecule has 0 radical (unpaired) electrons. The van der Waals surface area contributed by atoms with Gasteiger partial charge in [0.05, 0.1) is 64.5 Å². The minimum atomic E-state index is -2.24. The van der Waals surface area contributed by atoms with Crippen molar-refractivity contribution in [2.75, 3.05) is 66.4 Å². The molecule has 3 fully saturated rings. The molecule has 0 spiro atoms. The summed E-state index contributed by atoms with van der Waals surface area (Å²) in [6, 6.07) is 3.77. The number of amides is 12. The molecule has 122 heavy (non-hydrogen) atoms.